The van der Waals surface area contributed by atoms with E-state index in [-0.39, 0.29) is 17.9 Å². The molecule has 0 unspecified atom stereocenters. The Morgan fingerprint density at radius 2 is 2.44 bits per heavy atom. The lowest BCUT2D eigenvalue weighted by Crippen LogP contribution is -2.34. The Hall–Kier alpha value is -1.25. The molecule has 3 atom stereocenters. The molecule has 1 aromatic heterocycles. The lowest BCUT2D eigenvalue weighted by atomic mass is 10.1. The predicted molar refractivity (Wildman–Crippen MR) is 61.9 cm³/mol. The molecule has 16 heavy (non-hydrogen) atoms. The number of furan rings is 1. The van der Waals surface area contributed by atoms with Gasteiger partial charge in [-0.25, -0.2) is 0 Å². The maximum Gasteiger partial charge on any atom is 0.223 e. The standard InChI is InChI=1S/C13H19NO2/c1-9-8-12(9)13(15)14-10(2)5-6-11-4-3-7-16-11/h3-4,7,9-10,12H,5-6,8H2,1-2H3,(H,14,15)/t9-,10-,12-/m1/s1. The molecule has 1 N–H and O–H groups in total. The van der Waals surface area contributed by atoms with Crippen molar-refractivity contribution in [1.29, 1.82) is 0 Å². The Morgan fingerprint density at radius 1 is 1.69 bits per heavy atom. The molecule has 3 nitrogen and oxygen atoms in total. The highest BCUT2D eigenvalue weighted by Gasteiger charge is 2.39. The summed E-state index contributed by atoms with van der Waals surface area (Å²) in [4.78, 5) is 11.7. The van der Waals surface area contributed by atoms with Crippen LogP contribution in [0.4, 0.5) is 0 Å². The third-order valence-corrected chi connectivity index (χ3v) is 3.24. The van der Waals surface area contributed by atoms with E-state index in [1.807, 2.05) is 19.1 Å². The van der Waals surface area contributed by atoms with Gasteiger partial charge in [-0.2, -0.15) is 0 Å². The maximum absolute atomic E-state index is 11.7. The van der Waals surface area contributed by atoms with Gasteiger partial charge in [0.15, 0.2) is 0 Å². The van der Waals surface area contributed by atoms with Crippen molar-refractivity contribution in [2.45, 2.75) is 39.2 Å². The average molecular weight is 221 g/mol. The van der Waals surface area contributed by atoms with Crippen molar-refractivity contribution >= 4 is 5.91 Å². The van der Waals surface area contributed by atoms with Gasteiger partial charge >= 0.3 is 0 Å². The van der Waals surface area contributed by atoms with E-state index in [1.54, 1.807) is 6.26 Å². The van der Waals surface area contributed by atoms with Crippen LogP contribution >= 0.6 is 0 Å². The fraction of sp³-hybridized carbons (Fsp3) is 0.615. The number of rotatable bonds is 5. The second kappa shape index (κ2) is 4.73. The van der Waals surface area contributed by atoms with Gasteiger partial charge in [0.05, 0.1) is 6.26 Å². The van der Waals surface area contributed by atoms with E-state index < -0.39 is 0 Å². The molecule has 0 radical (unpaired) electrons. The number of aryl methyl sites for hydroxylation is 1. The Bertz CT molecular complexity index is 345. The zero-order valence-electron chi connectivity index (χ0n) is 9.90. The Kier molecular flexibility index (Phi) is 3.32. The number of hydrogen-bond acceptors (Lipinski definition) is 2. The van der Waals surface area contributed by atoms with Gasteiger partial charge < -0.3 is 9.73 Å². The molecule has 1 fully saturated rings. The van der Waals surface area contributed by atoms with Gasteiger partial charge in [-0.1, -0.05) is 6.92 Å². The fourth-order valence-electron chi connectivity index (χ4n) is 1.92. The van der Waals surface area contributed by atoms with Crippen LogP contribution in [0.1, 0.15) is 32.4 Å². The SMILES string of the molecule is C[C@H](CCc1ccco1)NC(=O)[C@@H]1C[C@H]1C. The summed E-state index contributed by atoms with van der Waals surface area (Å²) in [5, 5.41) is 3.05. The van der Waals surface area contributed by atoms with Crippen molar-refractivity contribution in [2.75, 3.05) is 0 Å². The van der Waals surface area contributed by atoms with Crippen LogP contribution in [0.25, 0.3) is 0 Å². The first-order chi connectivity index (χ1) is 7.66. The lowest BCUT2D eigenvalue weighted by molar-refractivity contribution is -0.123. The molecule has 3 heteroatoms. The Morgan fingerprint density at radius 3 is 3.00 bits per heavy atom. The highest BCUT2D eigenvalue weighted by Crippen LogP contribution is 2.37. The zero-order valence-corrected chi connectivity index (χ0v) is 9.90. The summed E-state index contributed by atoms with van der Waals surface area (Å²) < 4.78 is 5.25. The van der Waals surface area contributed by atoms with Gasteiger partial charge in [0.25, 0.3) is 0 Å². The minimum atomic E-state index is 0.222. The summed E-state index contributed by atoms with van der Waals surface area (Å²) in [7, 11) is 0. The van der Waals surface area contributed by atoms with Crippen molar-refractivity contribution in [2.24, 2.45) is 11.8 Å². The molecule has 0 spiro atoms. The van der Waals surface area contributed by atoms with Crippen LogP contribution in [-0.2, 0) is 11.2 Å². The summed E-state index contributed by atoms with van der Waals surface area (Å²) in [6.45, 7) is 4.17. The largest absolute Gasteiger partial charge is 0.469 e. The number of carbonyl (C=O) groups excluding carboxylic acids is 1. The van der Waals surface area contributed by atoms with Crippen LogP contribution in [0.3, 0.4) is 0 Å². The Balaban J connectivity index is 1.68. The first-order valence-electron chi connectivity index (χ1n) is 5.99. The van der Waals surface area contributed by atoms with Gasteiger partial charge in [0.1, 0.15) is 5.76 Å². The first-order valence-corrected chi connectivity index (χ1v) is 5.99. The highest BCUT2D eigenvalue weighted by molar-refractivity contribution is 5.81. The topological polar surface area (TPSA) is 42.2 Å². The molecule has 1 amide bonds. The zero-order chi connectivity index (χ0) is 11.5. The molecular formula is C13H19NO2. The monoisotopic (exact) mass is 221 g/mol. The molecule has 0 aliphatic heterocycles. The second-order valence-electron chi connectivity index (χ2n) is 4.85. The van der Waals surface area contributed by atoms with E-state index in [9.17, 15) is 4.79 Å². The number of nitrogens with one attached hydrogen (secondary N) is 1. The fourth-order valence-corrected chi connectivity index (χ4v) is 1.92. The predicted octanol–water partition coefficient (Wildman–Crippen LogP) is 2.37. The van der Waals surface area contributed by atoms with Crippen molar-refractivity contribution < 1.29 is 9.21 Å². The highest BCUT2D eigenvalue weighted by atomic mass is 16.3. The molecule has 2 rings (SSSR count). The van der Waals surface area contributed by atoms with Crippen LogP contribution in [0, 0.1) is 11.8 Å². The van der Waals surface area contributed by atoms with Gasteiger partial charge in [-0.3, -0.25) is 4.79 Å². The molecule has 0 aromatic carbocycles. The summed E-state index contributed by atoms with van der Waals surface area (Å²) in [5.41, 5.74) is 0. The van der Waals surface area contributed by atoms with Crippen molar-refractivity contribution in [3.8, 4) is 0 Å². The number of carbonyl (C=O) groups is 1. The van der Waals surface area contributed by atoms with E-state index in [0.717, 1.165) is 25.0 Å². The van der Waals surface area contributed by atoms with E-state index in [4.69, 9.17) is 4.42 Å². The summed E-state index contributed by atoms with van der Waals surface area (Å²) in [6, 6.07) is 4.09. The van der Waals surface area contributed by atoms with Crippen molar-refractivity contribution in [3.63, 3.8) is 0 Å². The van der Waals surface area contributed by atoms with Crippen LogP contribution in [0.2, 0.25) is 0 Å². The van der Waals surface area contributed by atoms with E-state index in [0.29, 0.717) is 5.92 Å². The molecule has 88 valence electrons. The van der Waals surface area contributed by atoms with Crippen LogP contribution in [0.15, 0.2) is 22.8 Å². The smallest absolute Gasteiger partial charge is 0.223 e. The second-order valence-corrected chi connectivity index (χ2v) is 4.85. The minimum Gasteiger partial charge on any atom is -0.469 e. The van der Waals surface area contributed by atoms with Crippen LogP contribution < -0.4 is 5.32 Å². The number of amides is 1. The summed E-state index contributed by atoms with van der Waals surface area (Å²) in [6.07, 6.45) is 4.55. The quantitative estimate of drug-likeness (QED) is 0.829. The van der Waals surface area contributed by atoms with Crippen LogP contribution in [0.5, 0.6) is 0 Å². The van der Waals surface area contributed by atoms with E-state index in [2.05, 4.69) is 12.2 Å². The summed E-state index contributed by atoms with van der Waals surface area (Å²) in [5.74, 6) is 2.06. The summed E-state index contributed by atoms with van der Waals surface area (Å²) >= 11 is 0. The molecule has 1 heterocycles. The normalized spacial score (nSPS) is 25.1. The number of hydrogen-bond donors (Lipinski definition) is 1. The molecule has 0 saturated heterocycles. The lowest BCUT2D eigenvalue weighted by Gasteiger charge is -2.12. The molecule has 1 saturated carbocycles. The third-order valence-electron chi connectivity index (χ3n) is 3.24. The van der Waals surface area contributed by atoms with Crippen molar-refractivity contribution in [3.05, 3.63) is 24.2 Å². The van der Waals surface area contributed by atoms with Gasteiger partial charge in [0.2, 0.25) is 5.91 Å². The Labute approximate surface area is 96.2 Å². The third kappa shape index (κ3) is 2.87. The molecule has 1 aliphatic rings. The maximum atomic E-state index is 11.7. The molecule has 1 aromatic rings. The van der Waals surface area contributed by atoms with Gasteiger partial charge in [-0.05, 0) is 37.8 Å². The molecular weight excluding hydrogens is 202 g/mol. The van der Waals surface area contributed by atoms with Gasteiger partial charge in [0, 0.05) is 18.4 Å². The van der Waals surface area contributed by atoms with Crippen LogP contribution in [-0.4, -0.2) is 11.9 Å². The molecule has 1 aliphatic carbocycles. The van der Waals surface area contributed by atoms with E-state index >= 15 is 0 Å². The average Bonchev–Trinajstić information content (AvgIpc) is 2.79. The first kappa shape index (κ1) is 11.2. The molecule has 0 bridgehead atoms. The van der Waals surface area contributed by atoms with E-state index in [1.165, 1.54) is 0 Å². The minimum absolute atomic E-state index is 0.222. The van der Waals surface area contributed by atoms with Gasteiger partial charge in [-0.15, -0.1) is 0 Å². The van der Waals surface area contributed by atoms with Crippen molar-refractivity contribution in [1.82, 2.24) is 5.32 Å².